The highest BCUT2D eigenvalue weighted by Crippen LogP contribution is 2.47. The molecule has 0 amide bonds. The van der Waals surface area contributed by atoms with Crippen molar-refractivity contribution in [3.05, 3.63) is 61.4 Å². The van der Waals surface area contributed by atoms with E-state index >= 15 is 0 Å². The first-order valence-corrected chi connectivity index (χ1v) is 11.1. The van der Waals surface area contributed by atoms with Crippen molar-refractivity contribution in [2.24, 2.45) is 0 Å². The minimum atomic E-state index is 0.106. The lowest BCUT2D eigenvalue weighted by molar-refractivity contribution is 1.36. The summed E-state index contributed by atoms with van der Waals surface area (Å²) in [5, 5.41) is 1.71. The van der Waals surface area contributed by atoms with Crippen molar-refractivity contribution in [1.82, 2.24) is 0 Å². The maximum Gasteiger partial charge on any atom is 0.0809 e. The first-order chi connectivity index (χ1) is 11.6. The molecule has 0 heterocycles. The van der Waals surface area contributed by atoms with Crippen LogP contribution in [0.15, 0.2) is 0 Å². The molecule has 11 heteroatoms. The van der Waals surface area contributed by atoms with Crippen molar-refractivity contribution in [3.63, 3.8) is 0 Å². The molecule has 25 heavy (non-hydrogen) atoms. The highest BCUT2D eigenvalue weighted by atomic mass is 35.5. The van der Waals surface area contributed by atoms with Crippen molar-refractivity contribution in [1.29, 1.82) is 0 Å². The van der Waals surface area contributed by atoms with Crippen LogP contribution in [0.1, 0.15) is 11.1 Å². The van der Waals surface area contributed by atoms with Crippen molar-refractivity contribution in [2.75, 3.05) is 0 Å². The fourth-order valence-electron chi connectivity index (χ4n) is 1.81. The van der Waals surface area contributed by atoms with Crippen LogP contribution in [0.4, 0.5) is 0 Å². The van der Waals surface area contributed by atoms with Gasteiger partial charge in [0.05, 0.1) is 50.2 Å². The second-order valence-corrected chi connectivity index (χ2v) is 9.35. The van der Waals surface area contributed by atoms with Gasteiger partial charge in [0.2, 0.25) is 0 Å². The molecule has 0 nitrogen and oxygen atoms in total. The number of thioether (sulfide) groups is 1. The summed E-state index contributed by atoms with van der Waals surface area (Å²) in [7, 11) is 0. The largest absolute Gasteiger partial charge is 0.152 e. The van der Waals surface area contributed by atoms with Crippen molar-refractivity contribution in [3.8, 4) is 0 Å². The van der Waals surface area contributed by atoms with Gasteiger partial charge in [0, 0.05) is 22.6 Å². The topological polar surface area (TPSA) is 0 Å². The van der Waals surface area contributed by atoms with E-state index in [0.29, 0.717) is 22.6 Å². The van der Waals surface area contributed by atoms with Gasteiger partial charge < -0.3 is 0 Å². The second kappa shape index (κ2) is 9.46. The summed E-state index contributed by atoms with van der Waals surface area (Å²) in [4.78, 5) is 0. The summed E-state index contributed by atoms with van der Waals surface area (Å²) in [6, 6.07) is 0. The monoisotopic (exact) mass is 554 g/mol. The van der Waals surface area contributed by atoms with Crippen molar-refractivity contribution < 1.29 is 0 Å². The molecule has 0 aliphatic rings. The van der Waals surface area contributed by atoms with Gasteiger partial charge in [-0.15, -0.1) is 0 Å². The van der Waals surface area contributed by atoms with Crippen LogP contribution in [0.25, 0.3) is 0 Å². The molecular weight excluding hydrogens is 555 g/mol. The molecule has 0 aliphatic carbocycles. The van der Waals surface area contributed by atoms with E-state index in [2.05, 4.69) is 0 Å². The Hall–Kier alpha value is 1.69. The molecule has 0 aliphatic heterocycles. The SMILES string of the molecule is Clc1c(Cl)c(Cl)c(CSCc2c(Cl)c(Cl)c(Cl)c(Cl)c2Cl)c(Cl)c1Cl. The zero-order chi connectivity index (χ0) is 19.0. The highest BCUT2D eigenvalue weighted by Gasteiger charge is 2.21. The Balaban J connectivity index is 2.29. The van der Waals surface area contributed by atoms with Crippen LogP contribution in [0.3, 0.4) is 0 Å². The second-order valence-electron chi connectivity index (χ2n) is 4.59. The van der Waals surface area contributed by atoms with E-state index in [0.717, 1.165) is 0 Å². The number of halogens is 10. The minimum absolute atomic E-state index is 0.106. The number of hydrogen-bond acceptors (Lipinski definition) is 1. The normalized spacial score (nSPS) is 11.3. The smallest absolute Gasteiger partial charge is 0.0809 e. The maximum atomic E-state index is 6.21. The molecule has 0 saturated carbocycles. The molecule has 0 aromatic heterocycles. The molecule has 0 atom stereocenters. The van der Waals surface area contributed by atoms with Crippen LogP contribution in [0, 0.1) is 0 Å². The number of benzene rings is 2. The lowest BCUT2D eigenvalue weighted by atomic mass is 10.2. The Bertz CT molecular complexity index is 721. The Labute approximate surface area is 198 Å². The van der Waals surface area contributed by atoms with E-state index < -0.39 is 0 Å². The van der Waals surface area contributed by atoms with Gasteiger partial charge in [0.25, 0.3) is 0 Å². The van der Waals surface area contributed by atoms with Gasteiger partial charge in [-0.1, -0.05) is 116 Å². The van der Waals surface area contributed by atoms with Crippen LogP contribution in [-0.2, 0) is 11.5 Å². The van der Waals surface area contributed by atoms with Gasteiger partial charge in [-0.3, -0.25) is 0 Å². The molecule has 0 N–H and O–H groups in total. The molecule has 0 saturated heterocycles. The average Bonchev–Trinajstić information content (AvgIpc) is 2.60. The third-order valence-electron chi connectivity index (χ3n) is 3.09. The summed E-state index contributed by atoms with van der Waals surface area (Å²) < 4.78 is 0. The summed E-state index contributed by atoms with van der Waals surface area (Å²) in [5.41, 5.74) is 1.09. The van der Waals surface area contributed by atoms with E-state index in [1.54, 1.807) is 0 Å². The Kier molecular flexibility index (Phi) is 8.69. The number of hydrogen-bond donors (Lipinski definition) is 0. The quantitative estimate of drug-likeness (QED) is 0.266. The molecule has 0 radical (unpaired) electrons. The molecule has 0 fully saturated rings. The van der Waals surface area contributed by atoms with Gasteiger partial charge in [0.1, 0.15) is 0 Å². The zero-order valence-electron chi connectivity index (χ0n) is 11.6. The average molecular weight is 559 g/mol. The van der Waals surface area contributed by atoms with E-state index in [1.165, 1.54) is 11.8 Å². The fourth-order valence-corrected chi connectivity index (χ4v) is 5.84. The molecule has 2 aromatic carbocycles. The Morgan fingerprint density at radius 3 is 0.800 bits per heavy atom. The van der Waals surface area contributed by atoms with E-state index in [4.69, 9.17) is 116 Å². The third-order valence-corrected chi connectivity index (χ3v) is 8.79. The zero-order valence-corrected chi connectivity index (χ0v) is 20.0. The third kappa shape index (κ3) is 4.65. The lowest BCUT2D eigenvalue weighted by Gasteiger charge is -2.14. The Morgan fingerprint density at radius 1 is 0.360 bits per heavy atom. The summed E-state index contributed by atoms with van der Waals surface area (Å²) in [6.07, 6.45) is 0. The van der Waals surface area contributed by atoms with Crippen LogP contribution >= 0.6 is 128 Å². The number of rotatable bonds is 4. The summed E-state index contributed by atoms with van der Waals surface area (Å²) >= 11 is 62.4. The lowest BCUT2D eigenvalue weighted by Crippen LogP contribution is -1.93. The van der Waals surface area contributed by atoms with Gasteiger partial charge in [-0.2, -0.15) is 11.8 Å². The van der Waals surface area contributed by atoms with Gasteiger partial charge in [-0.05, 0) is 0 Å². The van der Waals surface area contributed by atoms with Crippen LogP contribution in [-0.4, -0.2) is 0 Å². The molecule has 0 spiro atoms. The molecular formula is C14H4Cl10S. The predicted molar refractivity (Wildman–Crippen MR) is 118 cm³/mol. The summed E-state index contributed by atoms with van der Waals surface area (Å²) in [6.45, 7) is 0. The molecule has 0 unspecified atom stereocenters. The minimum Gasteiger partial charge on any atom is -0.152 e. The van der Waals surface area contributed by atoms with E-state index in [9.17, 15) is 0 Å². The molecule has 136 valence electrons. The Morgan fingerprint density at radius 2 is 0.560 bits per heavy atom. The molecule has 0 bridgehead atoms. The first-order valence-electron chi connectivity index (χ1n) is 6.17. The maximum absolute atomic E-state index is 6.21. The predicted octanol–water partition coefficient (Wildman–Crippen LogP) is 10.7. The van der Waals surface area contributed by atoms with Gasteiger partial charge >= 0.3 is 0 Å². The first kappa shape index (κ1) is 23.0. The molecule has 2 rings (SSSR count). The summed E-state index contributed by atoms with van der Waals surface area (Å²) in [5.74, 6) is 0.748. The fraction of sp³-hybridized carbons (Fsp3) is 0.143. The van der Waals surface area contributed by atoms with Crippen LogP contribution in [0.2, 0.25) is 50.2 Å². The van der Waals surface area contributed by atoms with Crippen molar-refractivity contribution in [2.45, 2.75) is 11.5 Å². The highest BCUT2D eigenvalue weighted by molar-refractivity contribution is 7.97. The van der Waals surface area contributed by atoms with Crippen LogP contribution < -0.4 is 0 Å². The van der Waals surface area contributed by atoms with Crippen LogP contribution in [0.5, 0.6) is 0 Å². The van der Waals surface area contributed by atoms with Gasteiger partial charge in [-0.25, -0.2) is 0 Å². The molecule has 2 aromatic rings. The van der Waals surface area contributed by atoms with E-state index in [-0.39, 0.29) is 50.2 Å². The van der Waals surface area contributed by atoms with Crippen molar-refractivity contribution >= 4 is 128 Å². The van der Waals surface area contributed by atoms with E-state index in [1.807, 2.05) is 0 Å². The standard InChI is InChI=1S/C14H4Cl10S/c15-5-3(6(16)10(20)13(23)9(5)19)1-25-2-4-7(17)11(21)14(24)12(22)8(4)18/h1-2H2. The van der Waals surface area contributed by atoms with Gasteiger partial charge in [0.15, 0.2) is 0 Å².